The maximum atomic E-state index is 13.6. The standard InChI is InChI=1S/C30H32N6O2/c1-20-26(18-33-38-20)19-36-28-25(15-23(29(36)37)9-8-21-5-2-3-6-21)17-32-30(35-28)34-27-12-10-22(11-13-27)24-7-4-14-31-16-24/h10-13,15,17-18,21,24,31H,2-7,14,16,19H2,1H3,(H,32,34,35). The lowest BCUT2D eigenvalue weighted by Gasteiger charge is -2.23. The summed E-state index contributed by atoms with van der Waals surface area (Å²) in [4.78, 5) is 22.9. The van der Waals surface area contributed by atoms with Gasteiger partial charge < -0.3 is 15.2 Å². The topological polar surface area (TPSA) is 97.9 Å². The Morgan fingerprint density at radius 2 is 1.97 bits per heavy atom. The number of hydrogen-bond donors (Lipinski definition) is 2. The molecule has 1 aliphatic heterocycles. The van der Waals surface area contributed by atoms with Crippen molar-refractivity contribution in [2.45, 2.75) is 57.9 Å². The van der Waals surface area contributed by atoms with E-state index in [4.69, 9.17) is 9.51 Å². The highest BCUT2D eigenvalue weighted by Gasteiger charge is 2.17. The fraction of sp³-hybridized carbons (Fsp3) is 0.400. The Balaban J connectivity index is 1.33. The first-order valence-corrected chi connectivity index (χ1v) is 13.5. The van der Waals surface area contributed by atoms with E-state index in [-0.39, 0.29) is 5.56 Å². The van der Waals surface area contributed by atoms with Gasteiger partial charge in [0.15, 0.2) is 0 Å². The summed E-state index contributed by atoms with van der Waals surface area (Å²) in [6, 6.07) is 10.3. The van der Waals surface area contributed by atoms with E-state index in [9.17, 15) is 4.79 Å². The van der Waals surface area contributed by atoms with Crippen LogP contribution in [0.15, 0.2) is 52.0 Å². The summed E-state index contributed by atoms with van der Waals surface area (Å²) >= 11 is 0. The quantitative estimate of drug-likeness (QED) is 0.371. The van der Waals surface area contributed by atoms with Gasteiger partial charge in [0.05, 0.1) is 18.3 Å². The van der Waals surface area contributed by atoms with Crippen LogP contribution in [0.2, 0.25) is 0 Å². The summed E-state index contributed by atoms with van der Waals surface area (Å²) in [6.07, 6.45) is 10.4. The van der Waals surface area contributed by atoms with E-state index in [0.717, 1.165) is 42.6 Å². The minimum atomic E-state index is -0.168. The minimum absolute atomic E-state index is 0.168. The van der Waals surface area contributed by atoms with Crippen LogP contribution in [0.5, 0.6) is 0 Å². The summed E-state index contributed by atoms with van der Waals surface area (Å²) in [5, 5.41) is 11.4. The molecule has 8 heteroatoms. The molecular weight excluding hydrogens is 476 g/mol. The van der Waals surface area contributed by atoms with Gasteiger partial charge in [0.25, 0.3) is 5.56 Å². The van der Waals surface area contributed by atoms with Crippen LogP contribution in [-0.4, -0.2) is 32.8 Å². The van der Waals surface area contributed by atoms with E-state index in [1.54, 1.807) is 17.0 Å². The summed E-state index contributed by atoms with van der Waals surface area (Å²) in [5.74, 6) is 8.52. The lowest BCUT2D eigenvalue weighted by molar-refractivity contribution is 0.395. The Hall–Kier alpha value is -3.96. The third-order valence-corrected chi connectivity index (χ3v) is 7.71. The van der Waals surface area contributed by atoms with Crippen LogP contribution >= 0.6 is 0 Å². The molecule has 194 valence electrons. The monoisotopic (exact) mass is 508 g/mol. The second-order valence-corrected chi connectivity index (χ2v) is 10.4. The fourth-order valence-electron chi connectivity index (χ4n) is 5.45. The van der Waals surface area contributed by atoms with Gasteiger partial charge in [-0.3, -0.25) is 9.36 Å². The Bertz CT molecular complexity index is 1550. The molecule has 6 rings (SSSR count). The van der Waals surface area contributed by atoms with Crippen LogP contribution in [-0.2, 0) is 6.54 Å². The molecule has 1 aromatic carbocycles. The number of hydrogen-bond acceptors (Lipinski definition) is 7. The number of nitrogens with zero attached hydrogens (tertiary/aromatic N) is 4. The Morgan fingerprint density at radius 3 is 2.71 bits per heavy atom. The molecule has 1 atom stereocenters. The molecule has 0 spiro atoms. The van der Waals surface area contributed by atoms with Crippen LogP contribution < -0.4 is 16.2 Å². The van der Waals surface area contributed by atoms with E-state index in [2.05, 4.69) is 56.9 Å². The maximum absolute atomic E-state index is 13.6. The number of nitrogens with one attached hydrogen (secondary N) is 2. The first-order chi connectivity index (χ1) is 18.6. The molecular formula is C30H32N6O2. The Labute approximate surface area is 221 Å². The molecule has 4 aromatic rings. The number of anilines is 2. The molecule has 8 nitrogen and oxygen atoms in total. The smallest absolute Gasteiger partial charge is 0.268 e. The summed E-state index contributed by atoms with van der Waals surface area (Å²) < 4.78 is 6.90. The number of benzene rings is 1. The zero-order valence-electron chi connectivity index (χ0n) is 21.7. The molecule has 1 aliphatic carbocycles. The van der Waals surface area contributed by atoms with Gasteiger partial charge in [0, 0.05) is 35.3 Å². The van der Waals surface area contributed by atoms with Gasteiger partial charge in [-0.1, -0.05) is 42.0 Å². The van der Waals surface area contributed by atoms with Gasteiger partial charge in [-0.15, -0.1) is 0 Å². The number of rotatable bonds is 5. The number of pyridine rings is 1. The van der Waals surface area contributed by atoms with Crippen molar-refractivity contribution in [3.63, 3.8) is 0 Å². The second kappa shape index (κ2) is 10.8. The van der Waals surface area contributed by atoms with Crippen molar-refractivity contribution in [1.82, 2.24) is 25.0 Å². The normalized spacial score (nSPS) is 17.9. The SMILES string of the molecule is Cc1oncc1Cn1c(=O)c(C#CC2CCCC2)cc2cnc(Nc3ccc(C4CCCNC4)cc3)nc21. The molecule has 1 saturated carbocycles. The lowest BCUT2D eigenvalue weighted by atomic mass is 9.92. The van der Waals surface area contributed by atoms with E-state index in [1.165, 1.54) is 31.2 Å². The predicted octanol–water partition coefficient (Wildman–Crippen LogP) is 4.89. The highest BCUT2D eigenvalue weighted by Crippen LogP contribution is 2.26. The van der Waals surface area contributed by atoms with Crippen molar-refractivity contribution in [1.29, 1.82) is 0 Å². The summed E-state index contributed by atoms with van der Waals surface area (Å²) in [7, 11) is 0. The molecule has 2 fully saturated rings. The highest BCUT2D eigenvalue weighted by molar-refractivity contribution is 5.77. The number of fused-ring (bicyclic) bond motifs is 1. The number of aromatic nitrogens is 4. The van der Waals surface area contributed by atoms with Crippen molar-refractivity contribution in [2.24, 2.45) is 5.92 Å². The fourth-order valence-corrected chi connectivity index (χ4v) is 5.45. The summed E-state index contributed by atoms with van der Waals surface area (Å²) in [5.41, 5.74) is 3.92. The average molecular weight is 509 g/mol. The number of aryl methyl sites for hydroxylation is 1. The molecule has 0 bridgehead atoms. The van der Waals surface area contributed by atoms with Gasteiger partial charge >= 0.3 is 0 Å². The third-order valence-electron chi connectivity index (χ3n) is 7.71. The molecule has 1 saturated heterocycles. The van der Waals surface area contributed by atoms with Gasteiger partial charge in [0.2, 0.25) is 5.95 Å². The second-order valence-electron chi connectivity index (χ2n) is 10.4. The van der Waals surface area contributed by atoms with Crippen molar-refractivity contribution >= 4 is 22.7 Å². The van der Waals surface area contributed by atoms with E-state index < -0.39 is 0 Å². The van der Waals surface area contributed by atoms with Crippen molar-refractivity contribution < 1.29 is 4.52 Å². The van der Waals surface area contributed by atoms with Crippen LogP contribution in [0.25, 0.3) is 11.0 Å². The molecule has 4 heterocycles. The molecule has 2 N–H and O–H groups in total. The van der Waals surface area contributed by atoms with Crippen LogP contribution in [0, 0.1) is 24.7 Å². The van der Waals surface area contributed by atoms with E-state index in [0.29, 0.717) is 41.3 Å². The van der Waals surface area contributed by atoms with Crippen molar-refractivity contribution in [3.8, 4) is 11.8 Å². The minimum Gasteiger partial charge on any atom is -0.361 e. The average Bonchev–Trinajstić information content (AvgIpc) is 3.62. The first kappa shape index (κ1) is 24.4. The van der Waals surface area contributed by atoms with E-state index >= 15 is 0 Å². The molecule has 1 unspecified atom stereocenters. The molecule has 0 radical (unpaired) electrons. The Morgan fingerprint density at radius 1 is 1.13 bits per heavy atom. The molecule has 38 heavy (non-hydrogen) atoms. The van der Waals surface area contributed by atoms with Gasteiger partial charge in [-0.2, -0.15) is 4.98 Å². The first-order valence-electron chi connectivity index (χ1n) is 13.5. The third kappa shape index (κ3) is 5.20. The number of piperidine rings is 1. The van der Waals surface area contributed by atoms with Gasteiger partial charge in [-0.05, 0) is 68.8 Å². The maximum Gasteiger partial charge on any atom is 0.268 e. The Kier molecular flexibility index (Phi) is 6.93. The van der Waals surface area contributed by atoms with Crippen LogP contribution in [0.3, 0.4) is 0 Å². The van der Waals surface area contributed by atoms with Gasteiger partial charge in [0.1, 0.15) is 11.4 Å². The van der Waals surface area contributed by atoms with Crippen LogP contribution in [0.4, 0.5) is 11.6 Å². The van der Waals surface area contributed by atoms with Crippen LogP contribution in [0.1, 0.15) is 66.9 Å². The zero-order chi connectivity index (χ0) is 25.9. The lowest BCUT2D eigenvalue weighted by Crippen LogP contribution is -2.28. The predicted molar refractivity (Wildman–Crippen MR) is 148 cm³/mol. The molecule has 0 amide bonds. The largest absolute Gasteiger partial charge is 0.361 e. The van der Waals surface area contributed by atoms with E-state index in [1.807, 2.05) is 13.0 Å². The van der Waals surface area contributed by atoms with Gasteiger partial charge in [-0.25, -0.2) is 4.98 Å². The molecule has 2 aliphatic rings. The molecule has 3 aromatic heterocycles. The van der Waals surface area contributed by atoms with Crippen molar-refractivity contribution in [3.05, 3.63) is 75.5 Å². The zero-order valence-corrected chi connectivity index (χ0v) is 21.7. The summed E-state index contributed by atoms with van der Waals surface area (Å²) in [6.45, 7) is 4.26. The highest BCUT2D eigenvalue weighted by atomic mass is 16.5. The van der Waals surface area contributed by atoms with Crippen molar-refractivity contribution in [2.75, 3.05) is 18.4 Å².